The lowest BCUT2D eigenvalue weighted by atomic mass is 10.1. The van der Waals surface area contributed by atoms with Gasteiger partial charge in [0.25, 0.3) is 0 Å². The van der Waals surface area contributed by atoms with Crippen LogP contribution < -0.4 is 0 Å². The van der Waals surface area contributed by atoms with Crippen LogP contribution in [0.3, 0.4) is 0 Å². The molecule has 0 spiro atoms. The van der Waals surface area contributed by atoms with E-state index in [4.69, 9.17) is 19.6 Å². The predicted molar refractivity (Wildman–Crippen MR) is 52.4 cm³/mol. The second-order valence-corrected chi connectivity index (χ2v) is 7.41. The van der Waals surface area contributed by atoms with E-state index in [9.17, 15) is 18.3 Å². The van der Waals surface area contributed by atoms with E-state index >= 15 is 0 Å². The Kier molecular flexibility index (Phi) is 5.01. The third-order valence-corrected chi connectivity index (χ3v) is 5.84. The highest BCUT2D eigenvalue weighted by Gasteiger charge is 2.61. The first-order valence-corrected chi connectivity index (χ1v) is 7.43. The average molecular weight is 278 g/mol. The number of rotatable bonds is 6. The Bertz CT molecular complexity index is 323. The minimum atomic E-state index is -5.62. The maximum Gasteiger partial charge on any atom is 0.375 e. The molecule has 0 aromatic heterocycles. The van der Waals surface area contributed by atoms with Crippen LogP contribution in [0.1, 0.15) is 19.8 Å². The summed E-state index contributed by atoms with van der Waals surface area (Å²) in [5.74, 6) is -0.742. The van der Waals surface area contributed by atoms with Gasteiger partial charge in [0.2, 0.25) is 0 Å². The zero-order chi connectivity index (χ0) is 13.2. The van der Waals surface area contributed by atoms with E-state index in [-0.39, 0.29) is 6.42 Å². The lowest BCUT2D eigenvalue weighted by Gasteiger charge is -2.27. The van der Waals surface area contributed by atoms with Gasteiger partial charge in [-0.05, 0) is 6.42 Å². The van der Waals surface area contributed by atoms with Gasteiger partial charge in [-0.3, -0.25) is 9.13 Å². The molecule has 1 atom stereocenters. The molecule has 0 aromatic rings. The fraction of sp³-hybridized carbons (Fsp3) is 0.833. The quantitative estimate of drug-likeness (QED) is 0.412. The van der Waals surface area contributed by atoms with Crippen LogP contribution in [0.4, 0.5) is 4.39 Å². The van der Waals surface area contributed by atoms with Crippen molar-refractivity contribution in [2.24, 2.45) is 5.92 Å². The molecular weight excluding hydrogens is 265 g/mol. The molecule has 16 heavy (non-hydrogen) atoms. The second-order valence-electron chi connectivity index (χ2n) is 3.46. The normalized spacial score (nSPS) is 15.9. The highest BCUT2D eigenvalue weighted by Crippen LogP contribution is 2.71. The summed E-state index contributed by atoms with van der Waals surface area (Å²) in [6, 6.07) is 0. The first kappa shape index (κ1) is 15.9. The lowest BCUT2D eigenvalue weighted by Crippen LogP contribution is -2.24. The molecule has 0 bridgehead atoms. The maximum absolute atomic E-state index is 13.7. The topological polar surface area (TPSA) is 132 Å². The molecule has 0 aliphatic rings. The van der Waals surface area contributed by atoms with Crippen LogP contribution in [0.15, 0.2) is 0 Å². The van der Waals surface area contributed by atoms with Gasteiger partial charge in [-0.2, -0.15) is 0 Å². The van der Waals surface area contributed by atoms with Crippen LogP contribution >= 0.6 is 15.2 Å². The van der Waals surface area contributed by atoms with Crippen LogP contribution in [0.2, 0.25) is 0 Å². The number of aldehydes is 1. The molecule has 1 unspecified atom stereocenters. The van der Waals surface area contributed by atoms with Crippen LogP contribution in [0.25, 0.3) is 0 Å². The summed E-state index contributed by atoms with van der Waals surface area (Å²) in [6.07, 6.45) is -1.04. The van der Waals surface area contributed by atoms with Crippen LogP contribution in [0, 0.1) is 5.92 Å². The molecule has 0 fully saturated rings. The van der Waals surface area contributed by atoms with E-state index in [1.165, 1.54) is 6.92 Å². The van der Waals surface area contributed by atoms with Crippen molar-refractivity contribution in [1.29, 1.82) is 0 Å². The number of carbonyl (C=O) groups is 1. The average Bonchev–Trinajstić information content (AvgIpc) is 2.09. The highest BCUT2D eigenvalue weighted by molar-refractivity contribution is 7.72. The zero-order valence-electron chi connectivity index (χ0n) is 8.35. The SMILES string of the molecule is CC(C=O)CCC(F)(P(=O)(O)O)P(=O)(O)O. The monoisotopic (exact) mass is 278 g/mol. The minimum Gasteiger partial charge on any atom is -0.322 e. The third-order valence-electron chi connectivity index (χ3n) is 2.04. The van der Waals surface area contributed by atoms with Gasteiger partial charge in [-0.1, -0.05) is 6.92 Å². The summed E-state index contributed by atoms with van der Waals surface area (Å²) in [7, 11) is -11.2. The number of alkyl halides is 1. The summed E-state index contributed by atoms with van der Waals surface area (Å²) < 4.78 is 35.1. The molecule has 10 heteroatoms. The third kappa shape index (κ3) is 3.45. The Labute approximate surface area is 91.0 Å². The Morgan fingerprint density at radius 1 is 1.25 bits per heavy atom. The first-order chi connectivity index (χ1) is 6.95. The highest BCUT2D eigenvalue weighted by atomic mass is 31.2. The standard InChI is InChI=1S/C6H13FO7P2/c1-5(4-8)2-3-6(7,15(9,10)11)16(12,13)14/h4-5H,2-3H2,1H3,(H2,9,10,11)(H2,12,13,14). The van der Waals surface area contributed by atoms with Crippen LogP contribution in [-0.4, -0.2) is 31.0 Å². The molecule has 0 aliphatic heterocycles. The largest absolute Gasteiger partial charge is 0.375 e. The van der Waals surface area contributed by atoms with Gasteiger partial charge in [-0.25, -0.2) is 4.39 Å². The Hall–Kier alpha value is -0.100. The van der Waals surface area contributed by atoms with E-state index in [0.717, 1.165) is 0 Å². The molecule has 0 radical (unpaired) electrons. The molecule has 0 heterocycles. The number of halogens is 1. The Balaban J connectivity index is 5.07. The van der Waals surface area contributed by atoms with Gasteiger partial charge in [0.05, 0.1) is 0 Å². The zero-order valence-corrected chi connectivity index (χ0v) is 10.1. The molecule has 0 saturated heterocycles. The van der Waals surface area contributed by atoms with Crippen LogP contribution in [0.5, 0.6) is 0 Å². The van der Waals surface area contributed by atoms with Gasteiger partial charge in [-0.15, -0.1) is 0 Å². The molecule has 0 aliphatic carbocycles. The fourth-order valence-electron chi connectivity index (χ4n) is 0.940. The van der Waals surface area contributed by atoms with E-state index in [0.29, 0.717) is 6.29 Å². The fourth-order valence-corrected chi connectivity index (χ4v) is 3.14. The van der Waals surface area contributed by atoms with Gasteiger partial charge >= 0.3 is 20.3 Å². The number of hydrogen-bond donors (Lipinski definition) is 4. The molecule has 96 valence electrons. The maximum atomic E-state index is 13.7. The van der Waals surface area contributed by atoms with E-state index in [1.807, 2.05) is 0 Å². The van der Waals surface area contributed by atoms with Crippen molar-refractivity contribution in [3.8, 4) is 0 Å². The Morgan fingerprint density at radius 2 is 1.62 bits per heavy atom. The summed E-state index contributed by atoms with van der Waals surface area (Å²) >= 11 is 0. The lowest BCUT2D eigenvalue weighted by molar-refractivity contribution is -0.110. The van der Waals surface area contributed by atoms with Gasteiger partial charge < -0.3 is 24.4 Å². The molecule has 0 amide bonds. The summed E-state index contributed by atoms with van der Waals surface area (Å²) in [5.41, 5.74) is 0. The van der Waals surface area contributed by atoms with Crippen LogP contribution in [-0.2, 0) is 13.9 Å². The van der Waals surface area contributed by atoms with Crippen molar-refractivity contribution in [3.05, 3.63) is 0 Å². The molecule has 0 rings (SSSR count). The smallest absolute Gasteiger partial charge is 0.322 e. The van der Waals surface area contributed by atoms with Crippen molar-refractivity contribution in [1.82, 2.24) is 0 Å². The van der Waals surface area contributed by atoms with Crippen molar-refractivity contribution >= 4 is 21.5 Å². The van der Waals surface area contributed by atoms with Crippen molar-refractivity contribution in [3.63, 3.8) is 0 Å². The minimum absolute atomic E-state index is 0.365. The summed E-state index contributed by atoms with van der Waals surface area (Å²) in [5, 5.41) is -3.92. The number of hydrogen-bond acceptors (Lipinski definition) is 3. The van der Waals surface area contributed by atoms with E-state index in [2.05, 4.69) is 0 Å². The summed E-state index contributed by atoms with van der Waals surface area (Å²) in [6.45, 7) is 1.34. The molecule has 7 nitrogen and oxygen atoms in total. The van der Waals surface area contributed by atoms with Gasteiger partial charge in [0, 0.05) is 12.3 Å². The summed E-state index contributed by atoms with van der Waals surface area (Å²) in [4.78, 5) is 44.7. The van der Waals surface area contributed by atoms with Crippen molar-refractivity contribution in [2.75, 3.05) is 0 Å². The predicted octanol–water partition coefficient (Wildman–Crippen LogP) is 0.580. The molecule has 0 saturated carbocycles. The van der Waals surface area contributed by atoms with E-state index in [1.54, 1.807) is 0 Å². The van der Waals surface area contributed by atoms with Crippen molar-refractivity contribution < 1.29 is 37.9 Å². The Morgan fingerprint density at radius 3 is 1.88 bits per heavy atom. The number of carbonyl (C=O) groups excluding carboxylic acids is 1. The molecule has 0 aromatic carbocycles. The van der Waals surface area contributed by atoms with E-state index < -0.39 is 32.7 Å². The van der Waals surface area contributed by atoms with Gasteiger partial charge in [0.15, 0.2) is 0 Å². The van der Waals surface area contributed by atoms with Crippen molar-refractivity contribution in [2.45, 2.75) is 24.9 Å². The first-order valence-electron chi connectivity index (χ1n) is 4.21. The molecular formula is C6H13FO7P2. The molecule has 4 N–H and O–H groups in total. The van der Waals surface area contributed by atoms with Gasteiger partial charge in [0.1, 0.15) is 6.29 Å². The second kappa shape index (κ2) is 5.04.